The molecule has 3 aromatic heterocycles. The Balaban J connectivity index is 2.07. The molecule has 0 aromatic carbocycles. The lowest BCUT2D eigenvalue weighted by atomic mass is 10.2. The SMILES string of the molecule is Cc1cc(-n2cnc(C(=O)O)c2)nc(-c2ccncc2)n1. The molecular weight excluding hydrogens is 270 g/mol. The first-order chi connectivity index (χ1) is 10.1. The van der Waals surface area contributed by atoms with E-state index < -0.39 is 5.97 Å². The number of aryl methyl sites for hydroxylation is 1. The van der Waals surface area contributed by atoms with Gasteiger partial charge in [0.05, 0.1) is 0 Å². The van der Waals surface area contributed by atoms with E-state index in [1.807, 2.05) is 19.1 Å². The van der Waals surface area contributed by atoms with Gasteiger partial charge in [-0.05, 0) is 19.1 Å². The molecule has 3 heterocycles. The fourth-order valence-electron chi connectivity index (χ4n) is 1.87. The van der Waals surface area contributed by atoms with Crippen LogP contribution in [0.25, 0.3) is 17.2 Å². The standard InChI is InChI=1S/C14H11N5O2/c1-9-6-12(19-7-11(14(20)21)16-8-19)18-13(17-9)10-2-4-15-5-3-10/h2-8H,1H3,(H,20,21). The van der Waals surface area contributed by atoms with Crippen molar-refractivity contribution >= 4 is 5.97 Å². The number of pyridine rings is 1. The monoisotopic (exact) mass is 281 g/mol. The molecule has 0 fully saturated rings. The maximum atomic E-state index is 10.9. The number of aromatic nitrogens is 5. The molecule has 0 saturated carbocycles. The average molecular weight is 281 g/mol. The van der Waals surface area contributed by atoms with Crippen molar-refractivity contribution in [3.63, 3.8) is 0 Å². The van der Waals surface area contributed by atoms with Gasteiger partial charge in [0.2, 0.25) is 0 Å². The van der Waals surface area contributed by atoms with Crippen molar-refractivity contribution in [1.29, 1.82) is 0 Å². The van der Waals surface area contributed by atoms with E-state index in [-0.39, 0.29) is 5.69 Å². The van der Waals surface area contributed by atoms with Crippen molar-refractivity contribution in [1.82, 2.24) is 24.5 Å². The minimum Gasteiger partial charge on any atom is -0.476 e. The van der Waals surface area contributed by atoms with Crippen molar-refractivity contribution in [2.24, 2.45) is 0 Å². The third kappa shape index (κ3) is 2.62. The highest BCUT2D eigenvalue weighted by atomic mass is 16.4. The van der Waals surface area contributed by atoms with Gasteiger partial charge >= 0.3 is 5.97 Å². The number of nitrogens with zero attached hydrogens (tertiary/aromatic N) is 5. The van der Waals surface area contributed by atoms with E-state index in [4.69, 9.17) is 5.11 Å². The molecule has 104 valence electrons. The molecule has 0 aliphatic rings. The Morgan fingerprint density at radius 1 is 1.24 bits per heavy atom. The van der Waals surface area contributed by atoms with Crippen molar-refractivity contribution in [2.75, 3.05) is 0 Å². The molecular formula is C14H11N5O2. The zero-order valence-corrected chi connectivity index (χ0v) is 11.1. The predicted octanol–water partition coefficient (Wildman–Crippen LogP) is 1.73. The Kier molecular flexibility index (Phi) is 3.15. The second-order valence-electron chi connectivity index (χ2n) is 4.40. The van der Waals surface area contributed by atoms with Gasteiger partial charge in [-0.25, -0.2) is 19.7 Å². The third-order valence-electron chi connectivity index (χ3n) is 2.85. The van der Waals surface area contributed by atoms with E-state index in [0.717, 1.165) is 11.3 Å². The Hall–Kier alpha value is -3.09. The molecule has 0 amide bonds. The summed E-state index contributed by atoms with van der Waals surface area (Å²) in [7, 11) is 0. The second-order valence-corrected chi connectivity index (χ2v) is 4.40. The van der Waals surface area contributed by atoms with Gasteiger partial charge in [-0.1, -0.05) is 0 Å². The minimum atomic E-state index is -1.08. The summed E-state index contributed by atoms with van der Waals surface area (Å²) in [4.78, 5) is 27.5. The van der Waals surface area contributed by atoms with Crippen molar-refractivity contribution < 1.29 is 9.90 Å². The molecule has 1 N–H and O–H groups in total. The Bertz CT molecular complexity index is 798. The number of carboxylic acid groups (broad SMARTS) is 1. The molecule has 3 rings (SSSR count). The zero-order chi connectivity index (χ0) is 14.8. The largest absolute Gasteiger partial charge is 0.476 e. The topological polar surface area (TPSA) is 93.8 Å². The molecule has 3 aromatic rings. The summed E-state index contributed by atoms with van der Waals surface area (Å²) in [5, 5.41) is 8.92. The van der Waals surface area contributed by atoms with Crippen molar-refractivity contribution in [2.45, 2.75) is 6.92 Å². The summed E-state index contributed by atoms with van der Waals surface area (Å²) in [5.41, 5.74) is 1.59. The van der Waals surface area contributed by atoms with E-state index in [2.05, 4.69) is 19.9 Å². The molecule has 0 aliphatic heterocycles. The normalized spacial score (nSPS) is 10.5. The summed E-state index contributed by atoms with van der Waals surface area (Å²) in [5.74, 6) is 0.0428. The van der Waals surface area contributed by atoms with Crippen LogP contribution >= 0.6 is 0 Å². The van der Waals surface area contributed by atoms with E-state index in [0.29, 0.717) is 11.6 Å². The molecule has 0 spiro atoms. The summed E-state index contributed by atoms with van der Waals surface area (Å²) in [6.45, 7) is 1.85. The predicted molar refractivity (Wildman–Crippen MR) is 74.1 cm³/mol. The maximum Gasteiger partial charge on any atom is 0.356 e. The van der Waals surface area contributed by atoms with Gasteiger partial charge in [-0.15, -0.1) is 0 Å². The lowest BCUT2D eigenvalue weighted by Gasteiger charge is -2.06. The average Bonchev–Trinajstić information content (AvgIpc) is 2.98. The lowest BCUT2D eigenvalue weighted by Crippen LogP contribution is -2.01. The Morgan fingerprint density at radius 2 is 2.00 bits per heavy atom. The van der Waals surface area contributed by atoms with Crippen LogP contribution in [0, 0.1) is 6.92 Å². The zero-order valence-electron chi connectivity index (χ0n) is 11.1. The van der Waals surface area contributed by atoms with Crippen LogP contribution in [-0.4, -0.2) is 35.6 Å². The van der Waals surface area contributed by atoms with Crippen LogP contribution in [0.15, 0.2) is 43.1 Å². The van der Waals surface area contributed by atoms with Crippen molar-refractivity contribution in [3.05, 3.63) is 54.5 Å². The molecule has 0 aliphatic carbocycles. The molecule has 0 unspecified atom stereocenters. The second kappa shape index (κ2) is 5.12. The molecule has 7 nitrogen and oxygen atoms in total. The van der Waals surface area contributed by atoms with Gasteiger partial charge in [-0.2, -0.15) is 0 Å². The summed E-state index contributed by atoms with van der Waals surface area (Å²) >= 11 is 0. The third-order valence-corrected chi connectivity index (χ3v) is 2.85. The van der Waals surface area contributed by atoms with E-state index in [9.17, 15) is 4.79 Å². The highest BCUT2D eigenvalue weighted by molar-refractivity contribution is 5.85. The fourth-order valence-corrected chi connectivity index (χ4v) is 1.87. The van der Waals surface area contributed by atoms with Gasteiger partial charge < -0.3 is 5.11 Å². The van der Waals surface area contributed by atoms with E-state index >= 15 is 0 Å². The molecule has 0 saturated heterocycles. The quantitative estimate of drug-likeness (QED) is 0.785. The number of carboxylic acids is 1. The van der Waals surface area contributed by atoms with E-state index in [1.54, 1.807) is 23.0 Å². The van der Waals surface area contributed by atoms with Crippen LogP contribution in [0.5, 0.6) is 0 Å². The minimum absolute atomic E-state index is 0.0308. The summed E-state index contributed by atoms with van der Waals surface area (Å²) in [6.07, 6.45) is 6.17. The number of rotatable bonds is 3. The van der Waals surface area contributed by atoms with Gasteiger partial charge in [0.25, 0.3) is 0 Å². The van der Waals surface area contributed by atoms with Crippen LogP contribution in [-0.2, 0) is 0 Å². The maximum absolute atomic E-state index is 10.9. The van der Waals surface area contributed by atoms with E-state index in [1.165, 1.54) is 12.5 Å². The highest BCUT2D eigenvalue weighted by Gasteiger charge is 2.10. The lowest BCUT2D eigenvalue weighted by molar-refractivity contribution is 0.0691. The fraction of sp³-hybridized carbons (Fsp3) is 0.0714. The smallest absolute Gasteiger partial charge is 0.356 e. The number of carbonyl (C=O) groups is 1. The Morgan fingerprint density at radius 3 is 2.67 bits per heavy atom. The number of hydrogen-bond donors (Lipinski definition) is 1. The number of imidazole rings is 1. The van der Waals surface area contributed by atoms with Gasteiger partial charge in [0.1, 0.15) is 12.1 Å². The molecule has 7 heteroatoms. The summed E-state index contributed by atoms with van der Waals surface area (Å²) in [6, 6.07) is 5.39. The number of aromatic carboxylic acids is 1. The molecule has 0 bridgehead atoms. The van der Waals surface area contributed by atoms with Gasteiger partial charge in [-0.3, -0.25) is 9.55 Å². The van der Waals surface area contributed by atoms with Gasteiger partial charge in [0, 0.05) is 35.9 Å². The highest BCUT2D eigenvalue weighted by Crippen LogP contribution is 2.16. The molecule has 0 atom stereocenters. The van der Waals surface area contributed by atoms with Crippen LogP contribution in [0.1, 0.15) is 16.2 Å². The van der Waals surface area contributed by atoms with Crippen molar-refractivity contribution in [3.8, 4) is 17.2 Å². The van der Waals surface area contributed by atoms with Crippen LogP contribution in [0.4, 0.5) is 0 Å². The Labute approximate surface area is 120 Å². The first-order valence-corrected chi connectivity index (χ1v) is 6.17. The van der Waals surface area contributed by atoms with Gasteiger partial charge in [0.15, 0.2) is 11.5 Å². The molecule has 0 radical (unpaired) electrons. The first kappa shape index (κ1) is 12.9. The van der Waals surface area contributed by atoms with Crippen LogP contribution in [0.3, 0.4) is 0 Å². The first-order valence-electron chi connectivity index (χ1n) is 6.17. The van der Waals surface area contributed by atoms with Crippen LogP contribution < -0.4 is 0 Å². The summed E-state index contributed by atoms with van der Waals surface area (Å²) < 4.78 is 1.56. The van der Waals surface area contributed by atoms with Crippen LogP contribution in [0.2, 0.25) is 0 Å². The number of hydrogen-bond acceptors (Lipinski definition) is 5. The molecule has 21 heavy (non-hydrogen) atoms.